The molecule has 1 rings (SSSR count). The molecule has 120 valence electrons. The quantitative estimate of drug-likeness (QED) is 0.814. The van der Waals surface area contributed by atoms with Gasteiger partial charge in [0.25, 0.3) is 0 Å². The minimum atomic E-state index is -0.484. The van der Waals surface area contributed by atoms with E-state index in [0.29, 0.717) is 24.9 Å². The Morgan fingerprint density at radius 3 is 2.57 bits per heavy atom. The van der Waals surface area contributed by atoms with Crippen LogP contribution in [0, 0.1) is 0 Å². The first-order valence-corrected chi connectivity index (χ1v) is 7.51. The van der Waals surface area contributed by atoms with Gasteiger partial charge in [0, 0.05) is 19.1 Å². The maximum Gasteiger partial charge on any atom is 0.410 e. The van der Waals surface area contributed by atoms with Gasteiger partial charge in [-0.25, -0.2) is 4.79 Å². The lowest BCUT2D eigenvalue weighted by atomic mass is 10.2. The molecule has 0 fully saturated rings. The van der Waals surface area contributed by atoms with Gasteiger partial charge in [-0.3, -0.25) is 0 Å². The average Bonchev–Trinajstić information content (AvgIpc) is 2.71. The van der Waals surface area contributed by atoms with Crippen LogP contribution in [0.3, 0.4) is 0 Å². The topological polar surface area (TPSA) is 54.7 Å². The van der Waals surface area contributed by atoms with E-state index in [0.717, 1.165) is 5.76 Å². The summed E-state index contributed by atoms with van der Waals surface area (Å²) < 4.78 is 10.7. The van der Waals surface area contributed by atoms with E-state index in [9.17, 15) is 4.79 Å². The summed E-state index contributed by atoms with van der Waals surface area (Å²) >= 11 is 5.70. The summed E-state index contributed by atoms with van der Waals surface area (Å²) in [7, 11) is 0. The molecule has 1 heterocycles. The van der Waals surface area contributed by atoms with Gasteiger partial charge in [-0.2, -0.15) is 0 Å². The molecule has 1 amide bonds. The van der Waals surface area contributed by atoms with Crippen molar-refractivity contribution in [2.45, 2.75) is 52.8 Å². The monoisotopic (exact) mass is 316 g/mol. The number of hydrogen-bond acceptors (Lipinski definition) is 4. The van der Waals surface area contributed by atoms with Crippen molar-refractivity contribution in [2.24, 2.45) is 0 Å². The Morgan fingerprint density at radius 1 is 1.43 bits per heavy atom. The van der Waals surface area contributed by atoms with Crippen LogP contribution in [0.4, 0.5) is 4.79 Å². The molecule has 0 aromatic carbocycles. The zero-order valence-corrected chi connectivity index (χ0v) is 14.2. The van der Waals surface area contributed by atoms with Crippen LogP contribution in [-0.2, 0) is 11.3 Å². The highest BCUT2D eigenvalue weighted by Crippen LogP contribution is 2.13. The molecular weight excluding hydrogens is 292 g/mol. The second-order valence-electron chi connectivity index (χ2n) is 6.15. The Kier molecular flexibility index (Phi) is 6.55. The Bertz CT molecular complexity index is 452. The largest absolute Gasteiger partial charge is 0.448 e. The molecule has 0 saturated heterocycles. The van der Waals surface area contributed by atoms with Crippen LogP contribution in [0.5, 0.6) is 0 Å². The molecule has 0 saturated carbocycles. The number of hydrogen-bond donors (Lipinski definition) is 1. The number of furan rings is 1. The highest BCUT2D eigenvalue weighted by molar-refractivity contribution is 6.28. The van der Waals surface area contributed by atoms with Crippen molar-refractivity contribution >= 4 is 17.7 Å². The van der Waals surface area contributed by atoms with Gasteiger partial charge in [-0.1, -0.05) is 0 Å². The van der Waals surface area contributed by atoms with Crippen molar-refractivity contribution in [3.63, 3.8) is 0 Å². The third-order valence-corrected chi connectivity index (χ3v) is 2.91. The molecule has 21 heavy (non-hydrogen) atoms. The maximum atomic E-state index is 12.1. The van der Waals surface area contributed by atoms with Crippen LogP contribution in [-0.4, -0.2) is 35.7 Å². The maximum absolute atomic E-state index is 12.1. The normalized spacial score (nSPS) is 11.8. The van der Waals surface area contributed by atoms with E-state index < -0.39 is 5.60 Å². The van der Waals surface area contributed by atoms with Gasteiger partial charge in [0.1, 0.15) is 11.4 Å². The second-order valence-corrected chi connectivity index (χ2v) is 6.52. The van der Waals surface area contributed by atoms with Crippen molar-refractivity contribution in [1.82, 2.24) is 10.2 Å². The number of rotatable bonds is 6. The molecule has 0 unspecified atom stereocenters. The molecule has 0 bridgehead atoms. The van der Waals surface area contributed by atoms with E-state index in [1.165, 1.54) is 0 Å². The molecule has 1 N–H and O–H groups in total. The van der Waals surface area contributed by atoms with Crippen molar-refractivity contribution < 1.29 is 13.9 Å². The van der Waals surface area contributed by atoms with Gasteiger partial charge in [0.2, 0.25) is 0 Å². The molecular formula is C15H25ClN2O3. The Labute approximate surface area is 131 Å². The fourth-order valence-corrected chi connectivity index (χ4v) is 1.90. The zero-order valence-electron chi connectivity index (χ0n) is 13.4. The van der Waals surface area contributed by atoms with Crippen LogP contribution in [0.25, 0.3) is 0 Å². The summed E-state index contributed by atoms with van der Waals surface area (Å²) in [6.07, 6.45) is -0.291. The van der Waals surface area contributed by atoms with Gasteiger partial charge in [-0.15, -0.1) is 0 Å². The molecule has 0 radical (unpaired) electrons. The summed E-state index contributed by atoms with van der Waals surface area (Å²) in [5.74, 6) is 0.772. The molecule has 0 aliphatic heterocycles. The molecule has 1 aromatic heterocycles. The minimum absolute atomic E-state index is 0.0831. The number of amides is 1. The molecule has 1 aromatic rings. The van der Waals surface area contributed by atoms with Gasteiger partial charge >= 0.3 is 6.09 Å². The summed E-state index contributed by atoms with van der Waals surface area (Å²) in [5.41, 5.74) is -0.484. The SMILES string of the molecule is CC(C)N(CCNCc1ccc(Cl)o1)C(=O)OC(C)(C)C. The van der Waals surface area contributed by atoms with Crippen LogP contribution < -0.4 is 5.32 Å². The van der Waals surface area contributed by atoms with Crippen LogP contribution in [0.1, 0.15) is 40.4 Å². The third kappa shape index (κ3) is 6.87. The first-order valence-electron chi connectivity index (χ1n) is 7.13. The van der Waals surface area contributed by atoms with Crippen molar-refractivity contribution in [3.8, 4) is 0 Å². The van der Waals surface area contributed by atoms with Gasteiger partial charge in [0.05, 0.1) is 6.54 Å². The van der Waals surface area contributed by atoms with Crippen molar-refractivity contribution in [1.29, 1.82) is 0 Å². The highest BCUT2D eigenvalue weighted by Gasteiger charge is 2.23. The highest BCUT2D eigenvalue weighted by atomic mass is 35.5. The van der Waals surface area contributed by atoms with Gasteiger partial charge in [0.15, 0.2) is 5.22 Å². The standard InChI is InChI=1S/C15H25ClN2O3/c1-11(2)18(14(19)21-15(3,4)5)9-8-17-10-12-6-7-13(16)20-12/h6-7,11,17H,8-10H2,1-5H3. The summed E-state index contributed by atoms with van der Waals surface area (Å²) in [5, 5.41) is 3.60. The number of halogens is 1. The van der Waals surface area contributed by atoms with E-state index in [-0.39, 0.29) is 12.1 Å². The first-order chi connectivity index (χ1) is 9.69. The fourth-order valence-electron chi connectivity index (χ4n) is 1.74. The van der Waals surface area contributed by atoms with Gasteiger partial charge in [-0.05, 0) is 58.4 Å². The van der Waals surface area contributed by atoms with E-state index in [1.807, 2.05) is 40.7 Å². The van der Waals surface area contributed by atoms with E-state index in [2.05, 4.69) is 5.32 Å². The lowest BCUT2D eigenvalue weighted by Gasteiger charge is -2.30. The Morgan fingerprint density at radius 2 is 2.10 bits per heavy atom. The summed E-state index contributed by atoms with van der Waals surface area (Å²) in [6, 6.07) is 3.61. The minimum Gasteiger partial charge on any atom is -0.448 e. The number of carbonyl (C=O) groups excluding carboxylic acids is 1. The fraction of sp³-hybridized carbons (Fsp3) is 0.667. The molecule has 5 nitrogen and oxygen atoms in total. The lowest BCUT2D eigenvalue weighted by Crippen LogP contribution is -2.44. The second kappa shape index (κ2) is 7.71. The molecule has 0 spiro atoms. The Hall–Kier alpha value is -1.20. The lowest BCUT2D eigenvalue weighted by molar-refractivity contribution is 0.0193. The predicted molar refractivity (Wildman–Crippen MR) is 83.5 cm³/mol. The van der Waals surface area contributed by atoms with Crippen LogP contribution in [0.15, 0.2) is 16.5 Å². The number of carbonyl (C=O) groups is 1. The number of nitrogens with zero attached hydrogens (tertiary/aromatic N) is 1. The zero-order chi connectivity index (χ0) is 16.0. The van der Waals surface area contributed by atoms with Crippen LogP contribution >= 0.6 is 11.6 Å². The first kappa shape index (κ1) is 17.9. The van der Waals surface area contributed by atoms with E-state index in [1.54, 1.807) is 11.0 Å². The van der Waals surface area contributed by atoms with Crippen molar-refractivity contribution in [3.05, 3.63) is 23.1 Å². The average molecular weight is 317 g/mol. The number of ether oxygens (including phenoxy) is 1. The summed E-state index contributed by atoms with van der Waals surface area (Å²) in [4.78, 5) is 13.8. The van der Waals surface area contributed by atoms with Gasteiger partial charge < -0.3 is 19.4 Å². The molecule has 0 aliphatic carbocycles. The van der Waals surface area contributed by atoms with Crippen LogP contribution in [0.2, 0.25) is 5.22 Å². The number of nitrogens with one attached hydrogen (secondary N) is 1. The van der Waals surface area contributed by atoms with E-state index in [4.69, 9.17) is 20.8 Å². The smallest absolute Gasteiger partial charge is 0.410 e. The van der Waals surface area contributed by atoms with Crippen molar-refractivity contribution in [2.75, 3.05) is 13.1 Å². The molecule has 0 atom stereocenters. The third-order valence-electron chi connectivity index (χ3n) is 2.71. The molecule has 6 heteroatoms. The Balaban J connectivity index is 2.39. The summed E-state index contributed by atoms with van der Waals surface area (Å²) in [6.45, 7) is 11.3. The predicted octanol–water partition coefficient (Wildman–Crippen LogP) is 3.67. The molecule has 0 aliphatic rings. The van der Waals surface area contributed by atoms with E-state index >= 15 is 0 Å².